The fraction of sp³-hybridized carbons (Fsp3) is 0.762. The molecule has 2 N–H and O–H groups in total. The zero-order valence-electron chi connectivity index (χ0n) is 16.1. The van der Waals surface area contributed by atoms with Gasteiger partial charge in [0, 0.05) is 23.9 Å². The second-order valence-electron chi connectivity index (χ2n) is 8.68. The number of methoxy groups -OCH3 is 1. The van der Waals surface area contributed by atoms with Crippen molar-refractivity contribution in [2.24, 2.45) is 5.41 Å². The molecule has 1 aromatic rings. The van der Waals surface area contributed by atoms with Crippen LogP contribution in [0.5, 0.6) is 0 Å². The quantitative estimate of drug-likeness (QED) is 0.851. The summed E-state index contributed by atoms with van der Waals surface area (Å²) in [6.45, 7) is 6.34. The molecular weight excluding hydrogens is 314 g/mol. The van der Waals surface area contributed by atoms with E-state index in [0.717, 1.165) is 48.2 Å². The first-order valence-electron chi connectivity index (χ1n) is 9.75. The molecule has 25 heavy (non-hydrogen) atoms. The van der Waals surface area contributed by atoms with Gasteiger partial charge < -0.3 is 14.9 Å². The summed E-state index contributed by atoms with van der Waals surface area (Å²) in [5, 5.41) is 21.1. The van der Waals surface area contributed by atoms with Crippen LogP contribution in [0.3, 0.4) is 0 Å². The topological polar surface area (TPSA) is 62.6 Å². The number of fused-ring (bicyclic) bond motifs is 1. The smallest absolute Gasteiger partial charge is 0.0966 e. The van der Waals surface area contributed by atoms with Crippen LogP contribution in [0.25, 0.3) is 0 Å². The number of aliphatic hydroxyl groups excluding tert-OH is 2. The fourth-order valence-corrected chi connectivity index (χ4v) is 4.86. The van der Waals surface area contributed by atoms with Crippen LogP contribution in [0.1, 0.15) is 106 Å². The Kier molecular flexibility index (Phi) is 5.52. The highest BCUT2D eigenvalue weighted by Crippen LogP contribution is 2.47. The molecule has 0 aromatic carbocycles. The summed E-state index contributed by atoms with van der Waals surface area (Å²) < 4.78 is 5.55. The van der Waals surface area contributed by atoms with Crippen molar-refractivity contribution in [3.05, 3.63) is 28.1 Å². The summed E-state index contributed by atoms with van der Waals surface area (Å²) in [5.74, 6) is 0.423. The molecule has 2 aliphatic carbocycles. The van der Waals surface area contributed by atoms with E-state index in [1.54, 1.807) is 7.11 Å². The van der Waals surface area contributed by atoms with Gasteiger partial charge in [0.05, 0.1) is 24.5 Å². The fourth-order valence-electron chi connectivity index (χ4n) is 4.86. The van der Waals surface area contributed by atoms with E-state index >= 15 is 0 Å². The number of aliphatic hydroxyl groups is 2. The van der Waals surface area contributed by atoms with E-state index in [2.05, 4.69) is 13.8 Å². The Hall–Kier alpha value is -0.970. The number of aromatic nitrogens is 1. The maximum absolute atomic E-state index is 11.0. The van der Waals surface area contributed by atoms with Crippen LogP contribution in [0.15, 0.2) is 0 Å². The Bertz CT molecular complexity index is 620. The molecule has 0 bridgehead atoms. The molecule has 2 atom stereocenters. The van der Waals surface area contributed by atoms with Gasteiger partial charge in [-0.15, -0.1) is 0 Å². The second kappa shape index (κ2) is 7.34. The summed E-state index contributed by atoms with van der Waals surface area (Å²) in [5.41, 5.74) is 5.02. The Balaban J connectivity index is 2.21. The van der Waals surface area contributed by atoms with E-state index in [1.807, 2.05) is 6.92 Å². The van der Waals surface area contributed by atoms with Crippen LogP contribution in [-0.4, -0.2) is 22.3 Å². The van der Waals surface area contributed by atoms with E-state index in [9.17, 15) is 10.2 Å². The maximum Gasteiger partial charge on any atom is 0.0966 e. The van der Waals surface area contributed by atoms with Gasteiger partial charge in [0.15, 0.2) is 0 Å². The highest BCUT2D eigenvalue weighted by molar-refractivity contribution is 5.46. The third-order valence-electron chi connectivity index (χ3n) is 6.13. The maximum atomic E-state index is 11.0. The number of pyridine rings is 1. The molecule has 3 rings (SSSR count). The van der Waals surface area contributed by atoms with E-state index < -0.39 is 6.10 Å². The van der Waals surface area contributed by atoms with Crippen LogP contribution in [0.4, 0.5) is 0 Å². The van der Waals surface area contributed by atoms with Gasteiger partial charge in [0.25, 0.3) is 0 Å². The monoisotopic (exact) mass is 347 g/mol. The van der Waals surface area contributed by atoms with Gasteiger partial charge >= 0.3 is 0 Å². The van der Waals surface area contributed by atoms with Gasteiger partial charge in [0.1, 0.15) is 0 Å². The van der Waals surface area contributed by atoms with Gasteiger partial charge in [-0.05, 0) is 49.5 Å². The summed E-state index contributed by atoms with van der Waals surface area (Å²) in [6.07, 6.45) is 7.00. The Morgan fingerprint density at radius 1 is 1.20 bits per heavy atom. The molecule has 140 valence electrons. The Morgan fingerprint density at radius 2 is 1.88 bits per heavy atom. The number of ether oxygens (including phenoxy) is 1. The summed E-state index contributed by atoms with van der Waals surface area (Å²) >= 11 is 0. The van der Waals surface area contributed by atoms with Gasteiger partial charge in [-0.2, -0.15) is 0 Å². The molecule has 2 aliphatic rings. The summed E-state index contributed by atoms with van der Waals surface area (Å²) in [4.78, 5) is 4.91. The zero-order chi connectivity index (χ0) is 18.2. The number of rotatable bonds is 4. The molecular formula is C21H33NO3. The number of hydrogen-bond donors (Lipinski definition) is 2. The molecule has 2 unspecified atom stereocenters. The molecule has 1 saturated carbocycles. The molecule has 1 fully saturated rings. The molecule has 1 heterocycles. The lowest BCUT2D eigenvalue weighted by molar-refractivity contribution is 0.0924. The lowest BCUT2D eigenvalue weighted by atomic mass is 9.70. The highest BCUT2D eigenvalue weighted by Gasteiger charge is 2.38. The van der Waals surface area contributed by atoms with Gasteiger partial charge in [-0.1, -0.05) is 33.1 Å². The Morgan fingerprint density at radius 3 is 2.48 bits per heavy atom. The lowest BCUT2D eigenvalue weighted by Crippen LogP contribution is -2.30. The molecule has 1 aromatic heterocycles. The summed E-state index contributed by atoms with van der Waals surface area (Å²) in [6, 6.07) is 0. The summed E-state index contributed by atoms with van der Waals surface area (Å²) in [7, 11) is 1.69. The average Bonchev–Trinajstić information content (AvgIpc) is 2.59. The average molecular weight is 347 g/mol. The predicted octanol–water partition coefficient (Wildman–Crippen LogP) is 4.33. The minimum absolute atomic E-state index is 0.0364. The normalized spacial score (nSPS) is 24.8. The number of hydrogen-bond acceptors (Lipinski definition) is 4. The minimum atomic E-state index is -0.486. The molecule has 0 amide bonds. The van der Waals surface area contributed by atoms with Crippen molar-refractivity contribution in [1.82, 2.24) is 4.98 Å². The van der Waals surface area contributed by atoms with E-state index in [1.165, 1.54) is 24.8 Å². The lowest BCUT2D eigenvalue weighted by Gasteiger charge is -2.38. The van der Waals surface area contributed by atoms with Crippen molar-refractivity contribution >= 4 is 0 Å². The van der Waals surface area contributed by atoms with Crippen LogP contribution in [-0.2, 0) is 17.8 Å². The highest BCUT2D eigenvalue weighted by atomic mass is 16.5. The molecule has 0 aliphatic heterocycles. The van der Waals surface area contributed by atoms with Crippen molar-refractivity contribution in [3.63, 3.8) is 0 Å². The third kappa shape index (κ3) is 3.62. The third-order valence-corrected chi connectivity index (χ3v) is 6.13. The van der Waals surface area contributed by atoms with Gasteiger partial charge in [0.2, 0.25) is 0 Å². The van der Waals surface area contributed by atoms with Crippen molar-refractivity contribution in [1.29, 1.82) is 0 Å². The predicted molar refractivity (Wildman–Crippen MR) is 98.5 cm³/mol. The van der Waals surface area contributed by atoms with Crippen molar-refractivity contribution in [2.75, 3.05) is 7.11 Å². The van der Waals surface area contributed by atoms with Crippen molar-refractivity contribution in [2.45, 2.75) is 90.4 Å². The largest absolute Gasteiger partial charge is 0.392 e. The van der Waals surface area contributed by atoms with Crippen LogP contribution >= 0.6 is 0 Å². The molecule has 0 spiro atoms. The molecule has 4 nitrogen and oxygen atoms in total. The second-order valence-corrected chi connectivity index (χ2v) is 8.68. The van der Waals surface area contributed by atoms with Crippen LogP contribution < -0.4 is 0 Å². The van der Waals surface area contributed by atoms with E-state index in [4.69, 9.17) is 9.72 Å². The van der Waals surface area contributed by atoms with Gasteiger partial charge in [-0.3, -0.25) is 4.98 Å². The van der Waals surface area contributed by atoms with Crippen molar-refractivity contribution in [3.8, 4) is 0 Å². The molecule has 0 saturated heterocycles. The van der Waals surface area contributed by atoms with Crippen molar-refractivity contribution < 1.29 is 14.9 Å². The molecule has 0 radical (unpaired) electrons. The first-order chi connectivity index (χ1) is 11.9. The first-order valence-corrected chi connectivity index (χ1v) is 9.75. The van der Waals surface area contributed by atoms with E-state index in [0.29, 0.717) is 5.92 Å². The van der Waals surface area contributed by atoms with Crippen LogP contribution in [0, 0.1) is 5.41 Å². The standard InChI is InChI=1S/C21H33NO3/c1-13(25-4)20-15(12-23)18(14-8-6-5-7-9-14)19-16(22-20)10-21(2,3)11-17(19)24/h13-14,17,23-24H,5-12H2,1-4H3. The zero-order valence-corrected chi connectivity index (χ0v) is 16.1. The Labute approximate surface area is 151 Å². The SMILES string of the molecule is COC(C)c1nc2c(c(C3CCCCC3)c1CO)C(O)CC(C)(C)C2. The number of nitrogens with zero attached hydrogens (tertiary/aromatic N) is 1. The minimum Gasteiger partial charge on any atom is -0.392 e. The van der Waals surface area contributed by atoms with Gasteiger partial charge in [-0.25, -0.2) is 0 Å². The molecule has 4 heteroatoms. The first kappa shape index (κ1) is 18.8. The van der Waals surface area contributed by atoms with E-state index in [-0.39, 0.29) is 18.1 Å². The van der Waals surface area contributed by atoms with Crippen LogP contribution in [0.2, 0.25) is 0 Å².